The van der Waals surface area contributed by atoms with Gasteiger partial charge in [0.15, 0.2) is 0 Å². The summed E-state index contributed by atoms with van der Waals surface area (Å²) >= 11 is 0. The predicted molar refractivity (Wildman–Crippen MR) is 67.5 cm³/mol. The first kappa shape index (κ1) is 14.0. The largest absolute Gasteiger partial charge is 0.478 e. The van der Waals surface area contributed by atoms with E-state index in [-0.39, 0.29) is 22.1 Å². The van der Waals surface area contributed by atoms with Gasteiger partial charge in [-0.3, -0.25) is 0 Å². The zero-order valence-electron chi connectivity index (χ0n) is 10.3. The van der Waals surface area contributed by atoms with Gasteiger partial charge in [0, 0.05) is 6.04 Å². The Morgan fingerprint density at radius 2 is 2.00 bits per heavy atom. The van der Waals surface area contributed by atoms with Crippen LogP contribution in [-0.2, 0) is 10.0 Å². The summed E-state index contributed by atoms with van der Waals surface area (Å²) in [6, 6.07) is 3.86. The fourth-order valence-electron chi connectivity index (χ4n) is 2.10. The molecule has 0 saturated heterocycles. The summed E-state index contributed by atoms with van der Waals surface area (Å²) in [5.41, 5.74) is 0.180. The minimum Gasteiger partial charge on any atom is -0.478 e. The summed E-state index contributed by atoms with van der Waals surface area (Å²) in [5.74, 6) is -1.16. The van der Waals surface area contributed by atoms with E-state index < -0.39 is 22.1 Å². The Bertz CT molecular complexity index is 605. The van der Waals surface area contributed by atoms with Crippen LogP contribution in [0, 0.1) is 6.92 Å². The molecule has 0 atom stereocenters. The van der Waals surface area contributed by atoms with Crippen LogP contribution in [0.3, 0.4) is 0 Å². The molecule has 1 aromatic rings. The number of hydrogen-bond acceptors (Lipinski definition) is 4. The van der Waals surface area contributed by atoms with Gasteiger partial charge in [-0.2, -0.15) is 0 Å². The molecule has 1 fully saturated rings. The zero-order chi connectivity index (χ0) is 14.2. The summed E-state index contributed by atoms with van der Waals surface area (Å²) in [4.78, 5) is 11.0. The van der Waals surface area contributed by atoms with E-state index in [1.54, 1.807) is 0 Å². The summed E-state index contributed by atoms with van der Waals surface area (Å²) in [6.45, 7) is 1.47. The van der Waals surface area contributed by atoms with Crippen LogP contribution in [0.1, 0.15) is 28.8 Å². The fourth-order valence-corrected chi connectivity index (χ4v) is 3.63. The zero-order valence-corrected chi connectivity index (χ0v) is 11.1. The van der Waals surface area contributed by atoms with Gasteiger partial charge in [0.05, 0.1) is 16.6 Å². The van der Waals surface area contributed by atoms with E-state index in [1.807, 2.05) is 0 Å². The van der Waals surface area contributed by atoms with Crippen LogP contribution in [0.4, 0.5) is 0 Å². The lowest BCUT2D eigenvalue weighted by Crippen LogP contribution is -2.46. The van der Waals surface area contributed by atoms with Crippen LogP contribution < -0.4 is 4.72 Å². The Balaban J connectivity index is 2.30. The lowest BCUT2D eigenvalue weighted by Gasteiger charge is -2.31. The molecule has 0 amide bonds. The van der Waals surface area contributed by atoms with Crippen molar-refractivity contribution < 1.29 is 23.4 Å². The van der Waals surface area contributed by atoms with Gasteiger partial charge in [-0.15, -0.1) is 0 Å². The highest BCUT2D eigenvalue weighted by molar-refractivity contribution is 7.89. The molecule has 1 aromatic carbocycles. The van der Waals surface area contributed by atoms with Gasteiger partial charge in [0.25, 0.3) is 0 Å². The molecule has 0 unspecified atom stereocenters. The maximum absolute atomic E-state index is 12.2. The Morgan fingerprint density at radius 1 is 1.37 bits per heavy atom. The van der Waals surface area contributed by atoms with E-state index in [9.17, 15) is 13.2 Å². The molecule has 0 heterocycles. The molecule has 104 valence electrons. The molecule has 1 saturated carbocycles. The Kier molecular flexibility index (Phi) is 3.62. The van der Waals surface area contributed by atoms with Crippen molar-refractivity contribution in [2.75, 3.05) is 0 Å². The Labute approximate surface area is 111 Å². The minimum atomic E-state index is -3.75. The maximum atomic E-state index is 12.2. The van der Waals surface area contributed by atoms with Gasteiger partial charge in [-0.1, -0.05) is 6.07 Å². The second-order valence-electron chi connectivity index (χ2n) is 4.68. The molecule has 1 aliphatic carbocycles. The monoisotopic (exact) mass is 285 g/mol. The number of benzene rings is 1. The third-order valence-electron chi connectivity index (χ3n) is 3.24. The predicted octanol–water partition coefficient (Wildman–Crippen LogP) is 0.495. The number of carboxylic acid groups (broad SMARTS) is 1. The van der Waals surface area contributed by atoms with E-state index in [0.29, 0.717) is 12.8 Å². The van der Waals surface area contributed by atoms with E-state index in [2.05, 4.69) is 4.72 Å². The normalized spacial score (nSPS) is 22.8. The van der Waals surface area contributed by atoms with E-state index in [4.69, 9.17) is 10.2 Å². The number of carbonyl (C=O) groups is 1. The molecule has 2 rings (SSSR count). The van der Waals surface area contributed by atoms with Crippen molar-refractivity contribution in [2.24, 2.45) is 0 Å². The highest BCUT2D eigenvalue weighted by Crippen LogP contribution is 2.24. The molecule has 0 spiro atoms. The number of sulfonamides is 1. The third kappa shape index (κ3) is 2.78. The van der Waals surface area contributed by atoms with Crippen molar-refractivity contribution in [1.29, 1.82) is 0 Å². The van der Waals surface area contributed by atoms with E-state index in [1.165, 1.54) is 25.1 Å². The summed E-state index contributed by atoms with van der Waals surface area (Å²) in [5, 5.41) is 18.1. The number of aromatic carboxylic acids is 1. The molecule has 0 aliphatic heterocycles. The topological polar surface area (TPSA) is 104 Å². The molecular formula is C12H15NO5S. The number of hydrogen-bond donors (Lipinski definition) is 3. The number of aliphatic hydroxyl groups excluding tert-OH is 1. The van der Waals surface area contributed by atoms with E-state index in [0.717, 1.165) is 0 Å². The van der Waals surface area contributed by atoms with Crippen LogP contribution in [0.25, 0.3) is 0 Å². The lowest BCUT2D eigenvalue weighted by molar-refractivity contribution is 0.0694. The maximum Gasteiger partial charge on any atom is 0.335 e. The highest BCUT2D eigenvalue weighted by atomic mass is 32.2. The fraction of sp³-hybridized carbons (Fsp3) is 0.417. The highest BCUT2D eigenvalue weighted by Gasteiger charge is 2.32. The van der Waals surface area contributed by atoms with Crippen molar-refractivity contribution in [3.8, 4) is 0 Å². The second-order valence-corrected chi connectivity index (χ2v) is 6.36. The molecule has 1 aliphatic rings. The average Bonchev–Trinajstić information content (AvgIpc) is 2.26. The van der Waals surface area contributed by atoms with Gasteiger partial charge < -0.3 is 10.2 Å². The Morgan fingerprint density at radius 3 is 2.53 bits per heavy atom. The molecular weight excluding hydrogens is 270 g/mol. The van der Waals surface area contributed by atoms with Crippen molar-refractivity contribution in [3.05, 3.63) is 29.3 Å². The van der Waals surface area contributed by atoms with Crippen molar-refractivity contribution in [1.82, 2.24) is 4.72 Å². The smallest absolute Gasteiger partial charge is 0.335 e. The first-order chi connectivity index (χ1) is 8.81. The number of nitrogens with one attached hydrogen (secondary N) is 1. The summed E-state index contributed by atoms with van der Waals surface area (Å²) in [7, 11) is -3.75. The first-order valence-electron chi connectivity index (χ1n) is 5.84. The third-order valence-corrected chi connectivity index (χ3v) is 4.90. The second kappa shape index (κ2) is 4.92. The molecule has 3 N–H and O–H groups in total. The van der Waals surface area contributed by atoms with Crippen molar-refractivity contribution in [2.45, 2.75) is 36.8 Å². The number of carboxylic acids is 1. The van der Waals surface area contributed by atoms with E-state index >= 15 is 0 Å². The summed E-state index contributed by atoms with van der Waals surface area (Å²) in [6.07, 6.45) is 0.313. The van der Waals surface area contributed by atoms with Gasteiger partial charge in [-0.25, -0.2) is 17.9 Å². The molecule has 0 aromatic heterocycles. The molecule has 0 bridgehead atoms. The average molecular weight is 285 g/mol. The SMILES string of the molecule is Cc1c(C(=O)O)cccc1S(=O)(=O)NC1CC(O)C1. The molecule has 7 heteroatoms. The Hall–Kier alpha value is -1.44. The van der Waals surface area contributed by atoms with Crippen LogP contribution in [0.15, 0.2) is 23.1 Å². The standard InChI is InChI=1S/C12H15NO5S/c1-7-10(12(15)16)3-2-4-11(7)19(17,18)13-8-5-9(14)6-8/h2-4,8-9,13-14H,5-6H2,1H3,(H,15,16). The van der Waals surface area contributed by atoms with Crippen LogP contribution in [0.2, 0.25) is 0 Å². The van der Waals surface area contributed by atoms with Crippen molar-refractivity contribution in [3.63, 3.8) is 0 Å². The quantitative estimate of drug-likeness (QED) is 0.747. The van der Waals surface area contributed by atoms with Crippen molar-refractivity contribution >= 4 is 16.0 Å². The first-order valence-corrected chi connectivity index (χ1v) is 7.33. The van der Waals surface area contributed by atoms with Crippen LogP contribution >= 0.6 is 0 Å². The van der Waals surface area contributed by atoms with Gasteiger partial charge in [0.2, 0.25) is 10.0 Å². The van der Waals surface area contributed by atoms with Crippen LogP contribution in [-0.4, -0.2) is 36.7 Å². The van der Waals surface area contributed by atoms with Gasteiger partial charge in [-0.05, 0) is 37.5 Å². The molecule has 6 nitrogen and oxygen atoms in total. The van der Waals surface area contributed by atoms with Gasteiger partial charge >= 0.3 is 5.97 Å². The number of aliphatic hydroxyl groups is 1. The lowest BCUT2D eigenvalue weighted by atomic mass is 9.91. The van der Waals surface area contributed by atoms with Crippen LogP contribution in [0.5, 0.6) is 0 Å². The minimum absolute atomic E-state index is 0.0310. The summed E-state index contributed by atoms with van der Waals surface area (Å²) < 4.78 is 26.8. The molecule has 19 heavy (non-hydrogen) atoms. The molecule has 0 radical (unpaired) electrons. The number of rotatable bonds is 4. The van der Waals surface area contributed by atoms with Gasteiger partial charge in [0.1, 0.15) is 0 Å².